The first-order valence-corrected chi connectivity index (χ1v) is 4.86. The maximum absolute atomic E-state index is 8.14. The van der Waals surface area contributed by atoms with Crippen molar-refractivity contribution in [1.82, 2.24) is 0 Å². The summed E-state index contributed by atoms with van der Waals surface area (Å²) < 4.78 is 16.3. The van der Waals surface area contributed by atoms with Crippen LogP contribution in [0.3, 0.4) is 0 Å². The van der Waals surface area contributed by atoms with Gasteiger partial charge in [0.25, 0.3) is 0 Å². The van der Waals surface area contributed by atoms with E-state index in [0.29, 0.717) is 5.92 Å². The minimum absolute atomic E-state index is 0.213. The Balaban J connectivity index is 2.67. The lowest BCUT2D eigenvalue weighted by Gasteiger charge is -2.28. The Morgan fingerprint density at radius 2 is 1.73 bits per heavy atom. The lowest BCUT2D eigenvalue weighted by atomic mass is 9.78. The van der Waals surface area contributed by atoms with Crippen LogP contribution in [-0.2, 0) is 0 Å². The average Bonchev–Trinajstić information content (AvgIpc) is 2.04. The quantitative estimate of drug-likeness (QED) is 0.538. The predicted molar refractivity (Wildman–Crippen MR) is 50.6 cm³/mol. The van der Waals surface area contributed by atoms with Crippen molar-refractivity contribution in [1.29, 1.82) is 0 Å². The van der Waals surface area contributed by atoms with E-state index in [9.17, 15) is 0 Å². The molecule has 0 unspecified atom stereocenters. The smallest absolute Gasteiger partial charge is 0.0275 e. The highest BCUT2D eigenvalue weighted by atomic mass is 14.3. The topological polar surface area (TPSA) is 0 Å². The van der Waals surface area contributed by atoms with E-state index in [4.69, 9.17) is 2.74 Å². The van der Waals surface area contributed by atoms with Gasteiger partial charge in [0.1, 0.15) is 0 Å². The third-order valence-electron chi connectivity index (χ3n) is 2.24. The van der Waals surface area contributed by atoms with E-state index in [0.717, 1.165) is 12.8 Å². The van der Waals surface area contributed by atoms with E-state index in [-0.39, 0.29) is 5.41 Å². The molecule has 1 saturated carbocycles. The number of rotatable bonds is 1. The standard InChI is InChI=1S/C11H22/c1-11(2,3)9-10-7-5-4-6-8-10/h10H,4-9H2,1-3H3/i9D2. The summed E-state index contributed by atoms with van der Waals surface area (Å²) in [6.07, 6.45) is 4.93. The molecule has 0 radical (unpaired) electrons. The van der Waals surface area contributed by atoms with Crippen LogP contribution in [0.2, 0.25) is 0 Å². The van der Waals surface area contributed by atoms with Gasteiger partial charge in [-0.15, -0.1) is 0 Å². The van der Waals surface area contributed by atoms with E-state index >= 15 is 0 Å². The molecule has 0 N–H and O–H groups in total. The number of hydrogen-bond acceptors (Lipinski definition) is 0. The van der Waals surface area contributed by atoms with Gasteiger partial charge in [-0.3, -0.25) is 0 Å². The Labute approximate surface area is 74.2 Å². The van der Waals surface area contributed by atoms with Gasteiger partial charge >= 0.3 is 0 Å². The van der Waals surface area contributed by atoms with Crippen molar-refractivity contribution in [3.63, 3.8) is 0 Å². The largest absolute Gasteiger partial charge is 0.0602 e. The lowest BCUT2D eigenvalue weighted by Crippen LogP contribution is -2.15. The monoisotopic (exact) mass is 156 g/mol. The summed E-state index contributed by atoms with van der Waals surface area (Å²) >= 11 is 0. The highest BCUT2D eigenvalue weighted by Gasteiger charge is 2.20. The molecule has 0 heterocycles. The van der Waals surface area contributed by atoms with Gasteiger partial charge in [0.2, 0.25) is 0 Å². The second kappa shape index (κ2) is 3.60. The van der Waals surface area contributed by atoms with Gasteiger partial charge in [-0.25, -0.2) is 0 Å². The van der Waals surface area contributed by atoms with E-state index in [2.05, 4.69) is 0 Å². The van der Waals surface area contributed by atoms with E-state index in [1.54, 1.807) is 0 Å². The van der Waals surface area contributed by atoms with Gasteiger partial charge in [-0.2, -0.15) is 0 Å². The fourth-order valence-electron chi connectivity index (χ4n) is 1.86. The summed E-state index contributed by atoms with van der Waals surface area (Å²) in [5.41, 5.74) is -0.213. The van der Waals surface area contributed by atoms with E-state index in [1.165, 1.54) is 19.3 Å². The summed E-state index contributed by atoms with van der Waals surface area (Å²) in [5, 5.41) is 0. The zero-order chi connectivity index (χ0) is 10.1. The SMILES string of the molecule is [2H]C([2H])(C1CCCCC1)C(C)(C)C. The molecule has 0 saturated heterocycles. The van der Waals surface area contributed by atoms with Crippen molar-refractivity contribution in [3.05, 3.63) is 0 Å². The fourth-order valence-corrected chi connectivity index (χ4v) is 1.86. The van der Waals surface area contributed by atoms with Crippen molar-refractivity contribution >= 4 is 0 Å². The van der Waals surface area contributed by atoms with Gasteiger partial charge < -0.3 is 0 Å². The second-order valence-electron chi connectivity index (χ2n) is 4.73. The Bertz CT molecular complexity index is 161. The lowest BCUT2D eigenvalue weighted by molar-refractivity contribution is 0.240. The Morgan fingerprint density at radius 3 is 2.18 bits per heavy atom. The molecule has 66 valence electrons. The van der Waals surface area contributed by atoms with Crippen molar-refractivity contribution in [2.24, 2.45) is 11.3 Å². The second-order valence-corrected chi connectivity index (χ2v) is 4.73. The molecule has 0 aromatic carbocycles. The molecule has 0 aromatic heterocycles. The maximum Gasteiger partial charge on any atom is 0.0275 e. The van der Waals surface area contributed by atoms with Crippen molar-refractivity contribution in [2.45, 2.75) is 59.2 Å². The van der Waals surface area contributed by atoms with Gasteiger partial charge in [-0.1, -0.05) is 52.9 Å². The van der Waals surface area contributed by atoms with Gasteiger partial charge in [0.05, 0.1) is 0 Å². The highest BCUT2D eigenvalue weighted by molar-refractivity contribution is 4.72. The minimum atomic E-state index is -0.993. The first kappa shape index (κ1) is 6.51. The first-order chi connectivity index (χ1) is 5.86. The van der Waals surface area contributed by atoms with Crippen LogP contribution in [-0.4, -0.2) is 0 Å². The first-order valence-electron chi connectivity index (χ1n) is 5.86. The van der Waals surface area contributed by atoms with Crippen LogP contribution in [0.4, 0.5) is 0 Å². The van der Waals surface area contributed by atoms with Crippen molar-refractivity contribution in [3.8, 4) is 0 Å². The third kappa shape index (κ3) is 3.79. The zero-order valence-corrected chi connectivity index (χ0v) is 8.11. The molecular weight excluding hydrogens is 132 g/mol. The normalized spacial score (nSPS) is 26.1. The molecule has 11 heavy (non-hydrogen) atoms. The maximum atomic E-state index is 8.14. The van der Waals surface area contributed by atoms with Crippen molar-refractivity contribution < 1.29 is 2.74 Å². The molecule has 1 rings (SSSR count). The summed E-state index contributed by atoms with van der Waals surface area (Å²) in [5.74, 6) is 0.293. The van der Waals surface area contributed by atoms with E-state index in [1.807, 2.05) is 20.8 Å². The molecule has 1 aliphatic rings. The molecular formula is C11H22. The molecule has 1 aliphatic carbocycles. The highest BCUT2D eigenvalue weighted by Crippen LogP contribution is 2.33. The molecule has 0 aromatic rings. The molecule has 0 heteroatoms. The van der Waals surface area contributed by atoms with Crippen LogP contribution in [0.1, 0.15) is 62.0 Å². The summed E-state index contributed by atoms with van der Waals surface area (Å²) in [4.78, 5) is 0. The van der Waals surface area contributed by atoms with Crippen LogP contribution in [0.15, 0.2) is 0 Å². The molecule has 1 fully saturated rings. The molecule has 0 bridgehead atoms. The Morgan fingerprint density at radius 1 is 1.18 bits per heavy atom. The molecule has 0 spiro atoms. The van der Waals surface area contributed by atoms with Crippen LogP contribution in [0.25, 0.3) is 0 Å². The van der Waals surface area contributed by atoms with Crippen LogP contribution >= 0.6 is 0 Å². The zero-order valence-electron chi connectivity index (χ0n) is 10.1. The fraction of sp³-hybridized carbons (Fsp3) is 1.00. The van der Waals surface area contributed by atoms with Crippen LogP contribution in [0, 0.1) is 11.3 Å². The molecule has 0 amide bonds. The third-order valence-corrected chi connectivity index (χ3v) is 2.24. The van der Waals surface area contributed by atoms with Crippen LogP contribution in [0.5, 0.6) is 0 Å². The molecule has 0 atom stereocenters. The summed E-state index contributed by atoms with van der Waals surface area (Å²) in [6, 6.07) is 0. The molecule has 0 nitrogen and oxygen atoms in total. The minimum Gasteiger partial charge on any atom is -0.0602 e. The Hall–Kier alpha value is 0. The van der Waals surface area contributed by atoms with Gasteiger partial charge in [-0.05, 0) is 17.7 Å². The van der Waals surface area contributed by atoms with Crippen LogP contribution < -0.4 is 0 Å². The summed E-state index contributed by atoms with van der Waals surface area (Å²) in [7, 11) is 0. The predicted octanol–water partition coefficient (Wildman–Crippen LogP) is 4.00. The van der Waals surface area contributed by atoms with Crippen molar-refractivity contribution in [2.75, 3.05) is 0 Å². The molecule has 0 aliphatic heterocycles. The number of hydrogen-bond donors (Lipinski definition) is 0. The average molecular weight is 156 g/mol. The summed E-state index contributed by atoms with van der Waals surface area (Å²) in [6.45, 7) is 6.05. The van der Waals surface area contributed by atoms with Gasteiger partial charge in [0.15, 0.2) is 0 Å². The Kier molecular flexibility index (Phi) is 2.13. The van der Waals surface area contributed by atoms with Gasteiger partial charge in [0, 0.05) is 2.74 Å². The van der Waals surface area contributed by atoms with E-state index < -0.39 is 6.37 Å².